The predicted molar refractivity (Wildman–Crippen MR) is 117 cm³/mol. The van der Waals surface area contributed by atoms with Gasteiger partial charge in [-0.15, -0.1) is 11.8 Å². The van der Waals surface area contributed by atoms with E-state index in [1.165, 1.54) is 17.1 Å². The Morgan fingerprint density at radius 3 is 2.48 bits per heavy atom. The Hall–Kier alpha value is -2.26. The number of piperidine rings is 1. The van der Waals surface area contributed by atoms with Crippen molar-refractivity contribution < 1.29 is 29.0 Å². The third-order valence-electron chi connectivity index (χ3n) is 5.86. The van der Waals surface area contributed by atoms with E-state index in [-0.39, 0.29) is 36.5 Å². The number of aliphatic hydroxyl groups excluding tert-OH is 1. The number of hydrogen-bond acceptors (Lipinski definition) is 7. The van der Waals surface area contributed by atoms with Gasteiger partial charge in [-0.2, -0.15) is 0 Å². The number of β-lactam (4-membered cyclic amide) rings is 1. The zero-order chi connectivity index (χ0) is 22.5. The summed E-state index contributed by atoms with van der Waals surface area (Å²) in [4.78, 5) is 41.4. The second-order valence-electron chi connectivity index (χ2n) is 7.81. The topological polar surface area (TPSA) is 96.4 Å². The van der Waals surface area contributed by atoms with Crippen molar-refractivity contribution in [2.45, 2.75) is 50.0 Å². The van der Waals surface area contributed by atoms with Crippen molar-refractivity contribution in [3.63, 3.8) is 0 Å². The minimum atomic E-state index is -0.714. The number of thioether (sulfide) groups is 1. The Bertz CT molecular complexity index is 774. The van der Waals surface area contributed by atoms with E-state index in [0.717, 1.165) is 17.7 Å². The fourth-order valence-corrected chi connectivity index (χ4v) is 5.66. The highest BCUT2D eigenvalue weighted by molar-refractivity contribution is 8.03. The molecule has 3 atom stereocenters. The maximum atomic E-state index is 12.7. The molecule has 0 aromatic carbocycles. The van der Waals surface area contributed by atoms with Crippen molar-refractivity contribution in [2.24, 2.45) is 5.92 Å². The Kier molecular flexibility index (Phi) is 7.83. The van der Waals surface area contributed by atoms with Gasteiger partial charge in [-0.05, 0) is 19.3 Å². The second-order valence-corrected chi connectivity index (χ2v) is 9.21. The van der Waals surface area contributed by atoms with Crippen LogP contribution in [0.15, 0.2) is 35.9 Å². The SMILES string of the molecule is C=CCOC(=O)C1=C(SC2CCN(C(=O)OCC=C)CC2)C[C@@H]2[C@H]([C@@H](O)CC)C(=O)N12. The number of carbonyl (C=O) groups excluding carboxylic acids is 3. The first-order chi connectivity index (χ1) is 14.9. The van der Waals surface area contributed by atoms with Crippen molar-refractivity contribution in [2.75, 3.05) is 26.3 Å². The normalized spacial score (nSPS) is 24.4. The molecule has 0 spiro atoms. The molecular formula is C22H30N2O6S. The molecule has 9 heteroatoms. The molecule has 170 valence electrons. The summed E-state index contributed by atoms with van der Waals surface area (Å²) in [5.41, 5.74) is 0.300. The molecular weight excluding hydrogens is 420 g/mol. The highest BCUT2D eigenvalue weighted by Gasteiger charge is 2.57. The lowest BCUT2D eigenvalue weighted by atomic mass is 9.82. The standard InChI is InChI=1S/C22H30N2O6S/c1-4-11-29-21(27)19-17(13-15-18(16(25)6-3)20(26)24(15)19)31-14-7-9-23(10-8-14)22(28)30-12-5-2/h4-5,14-16,18,25H,1-2,6-13H2,3H3/t15-,16+,18-/m1/s1. The summed E-state index contributed by atoms with van der Waals surface area (Å²) in [5.74, 6) is -1.24. The monoisotopic (exact) mass is 450 g/mol. The average molecular weight is 451 g/mol. The van der Waals surface area contributed by atoms with Gasteiger partial charge in [-0.1, -0.05) is 32.2 Å². The first-order valence-corrected chi connectivity index (χ1v) is 11.5. The second kappa shape index (κ2) is 10.4. The summed E-state index contributed by atoms with van der Waals surface area (Å²) in [6, 6.07) is -0.204. The Balaban J connectivity index is 1.68. The molecule has 3 aliphatic heterocycles. The van der Waals surface area contributed by atoms with Gasteiger partial charge in [0.2, 0.25) is 5.91 Å². The minimum absolute atomic E-state index is 0.0687. The van der Waals surface area contributed by atoms with Gasteiger partial charge in [0, 0.05) is 29.7 Å². The van der Waals surface area contributed by atoms with E-state index in [4.69, 9.17) is 9.47 Å². The quantitative estimate of drug-likeness (QED) is 0.327. The fourth-order valence-electron chi connectivity index (χ4n) is 4.26. The minimum Gasteiger partial charge on any atom is -0.457 e. The Morgan fingerprint density at radius 2 is 1.87 bits per heavy atom. The first-order valence-electron chi connectivity index (χ1n) is 10.6. The van der Waals surface area contributed by atoms with E-state index in [2.05, 4.69) is 13.2 Å². The maximum absolute atomic E-state index is 12.7. The third-order valence-corrected chi connectivity index (χ3v) is 7.31. The van der Waals surface area contributed by atoms with E-state index >= 15 is 0 Å². The van der Waals surface area contributed by atoms with Crippen molar-refractivity contribution in [1.29, 1.82) is 0 Å². The molecule has 3 heterocycles. The lowest BCUT2D eigenvalue weighted by molar-refractivity contribution is -0.162. The molecule has 0 aromatic rings. The number of hydrogen-bond donors (Lipinski definition) is 1. The molecule has 3 aliphatic rings. The van der Waals surface area contributed by atoms with Gasteiger partial charge in [0.05, 0.1) is 18.1 Å². The largest absolute Gasteiger partial charge is 0.457 e. The van der Waals surface area contributed by atoms with Gasteiger partial charge in [-0.25, -0.2) is 9.59 Å². The van der Waals surface area contributed by atoms with Crippen LogP contribution in [0.5, 0.6) is 0 Å². The van der Waals surface area contributed by atoms with Crippen LogP contribution in [-0.2, 0) is 19.1 Å². The first kappa shape index (κ1) is 23.4. The predicted octanol–water partition coefficient (Wildman–Crippen LogP) is 2.45. The smallest absolute Gasteiger partial charge is 0.410 e. The lowest BCUT2D eigenvalue weighted by Gasteiger charge is -2.45. The zero-order valence-corrected chi connectivity index (χ0v) is 18.6. The number of ether oxygens (including phenoxy) is 2. The number of likely N-dealkylation sites (tertiary alicyclic amines) is 1. The molecule has 2 saturated heterocycles. The van der Waals surface area contributed by atoms with E-state index < -0.39 is 18.0 Å². The average Bonchev–Trinajstić information content (AvgIpc) is 3.10. The van der Waals surface area contributed by atoms with E-state index in [1.54, 1.807) is 16.7 Å². The Labute approximate surface area is 186 Å². The van der Waals surface area contributed by atoms with Gasteiger partial charge < -0.3 is 24.4 Å². The van der Waals surface area contributed by atoms with E-state index in [0.29, 0.717) is 31.6 Å². The summed E-state index contributed by atoms with van der Waals surface area (Å²) in [5, 5.41) is 10.5. The fraction of sp³-hybridized carbons (Fsp3) is 0.591. The Morgan fingerprint density at radius 1 is 1.23 bits per heavy atom. The molecule has 3 rings (SSSR count). The van der Waals surface area contributed by atoms with Gasteiger partial charge >= 0.3 is 12.1 Å². The van der Waals surface area contributed by atoms with E-state index in [1.807, 2.05) is 6.92 Å². The number of fused-ring (bicyclic) bond motifs is 1. The van der Waals surface area contributed by atoms with Crippen LogP contribution in [0.1, 0.15) is 32.6 Å². The molecule has 8 nitrogen and oxygen atoms in total. The highest BCUT2D eigenvalue weighted by atomic mass is 32.2. The molecule has 0 bridgehead atoms. The number of aliphatic hydroxyl groups is 1. The number of amides is 2. The van der Waals surface area contributed by atoms with Crippen LogP contribution in [0, 0.1) is 5.92 Å². The number of carbonyl (C=O) groups is 3. The summed E-state index contributed by atoms with van der Waals surface area (Å²) in [6.07, 6.45) is 4.50. The summed E-state index contributed by atoms with van der Waals surface area (Å²) in [6.45, 7) is 10.3. The van der Waals surface area contributed by atoms with Gasteiger partial charge in [-0.3, -0.25) is 4.79 Å². The van der Waals surface area contributed by atoms with Crippen LogP contribution in [0.3, 0.4) is 0 Å². The van der Waals surface area contributed by atoms with Crippen LogP contribution in [0.25, 0.3) is 0 Å². The van der Waals surface area contributed by atoms with Crippen molar-refractivity contribution >= 4 is 29.7 Å². The summed E-state index contributed by atoms with van der Waals surface area (Å²) >= 11 is 1.58. The van der Waals surface area contributed by atoms with Crippen LogP contribution in [-0.4, -0.2) is 76.6 Å². The number of nitrogens with zero attached hydrogens (tertiary/aromatic N) is 2. The van der Waals surface area contributed by atoms with Crippen LogP contribution in [0.2, 0.25) is 0 Å². The molecule has 0 aliphatic carbocycles. The number of esters is 1. The molecule has 1 N–H and O–H groups in total. The maximum Gasteiger partial charge on any atom is 0.410 e. The van der Waals surface area contributed by atoms with Crippen molar-refractivity contribution in [3.05, 3.63) is 35.9 Å². The molecule has 0 saturated carbocycles. The lowest BCUT2D eigenvalue weighted by Crippen LogP contribution is -2.62. The molecule has 0 unspecified atom stereocenters. The molecule has 2 amide bonds. The van der Waals surface area contributed by atoms with Crippen LogP contribution < -0.4 is 0 Å². The van der Waals surface area contributed by atoms with Gasteiger partial charge in [0.15, 0.2) is 0 Å². The van der Waals surface area contributed by atoms with Gasteiger partial charge in [0.1, 0.15) is 18.9 Å². The molecule has 0 aromatic heterocycles. The molecule has 2 fully saturated rings. The zero-order valence-electron chi connectivity index (χ0n) is 17.8. The van der Waals surface area contributed by atoms with Gasteiger partial charge in [0.25, 0.3) is 0 Å². The summed E-state index contributed by atoms with van der Waals surface area (Å²) in [7, 11) is 0. The van der Waals surface area contributed by atoms with Crippen LogP contribution in [0.4, 0.5) is 4.79 Å². The van der Waals surface area contributed by atoms with Crippen molar-refractivity contribution in [3.8, 4) is 0 Å². The molecule has 31 heavy (non-hydrogen) atoms. The number of rotatable bonds is 9. The molecule has 0 radical (unpaired) electrons. The van der Waals surface area contributed by atoms with Crippen LogP contribution >= 0.6 is 11.8 Å². The highest BCUT2D eigenvalue weighted by Crippen LogP contribution is 2.49. The van der Waals surface area contributed by atoms with E-state index in [9.17, 15) is 19.5 Å². The third kappa shape index (κ3) is 4.82. The summed E-state index contributed by atoms with van der Waals surface area (Å²) < 4.78 is 10.3. The van der Waals surface area contributed by atoms with Crippen molar-refractivity contribution in [1.82, 2.24) is 9.80 Å².